The third kappa shape index (κ3) is 10.4. The predicted octanol–water partition coefficient (Wildman–Crippen LogP) is 7.54. The number of benzene rings is 5. The van der Waals surface area contributed by atoms with Gasteiger partial charge in [0.15, 0.2) is 5.60 Å². The Morgan fingerprint density at radius 3 is 1.71 bits per heavy atom. The Balaban J connectivity index is 1.11. The number of nitrogens with zero attached hydrogens (tertiary/aromatic N) is 3. The first-order valence-electron chi connectivity index (χ1n) is 27.2. The Labute approximate surface area is 448 Å². The molecule has 0 bridgehead atoms. The van der Waals surface area contributed by atoms with E-state index in [9.17, 15) is 24.9 Å². The highest BCUT2D eigenvalue weighted by Crippen LogP contribution is 2.61. The van der Waals surface area contributed by atoms with Crippen LogP contribution in [0, 0.1) is 5.92 Å². The number of methoxy groups -OCH3 is 1. The molecule has 9 rings (SSSR count). The molecule has 4 aliphatic heterocycles. The standard InChI is InChI=1S/C60H75N5O10Si/c1-7-73-46-20-25-52-41(33-46)35-50(61-28-9-11-30-66)57(69)64(52)43-15-13-40(14-16-43)38-63-54-24-17-44(65-53-26-21-47(74-8-2)34-42(53)36-51(58(65)70)62-29-10-12-31-67)37-49(54)60(59(63)71)39(3)56(55(75-60)27-32-68)76(5,6)48-22-18-45(72-4)19-23-48/h13-26,33-34,37,39,50-51,55-56,61-62,66-68H,7-12,27-32,35-36,38H2,1-6H3/t39-,50?,51?,55+,56-,60+/m0/s1. The molecule has 404 valence electrons. The minimum Gasteiger partial charge on any atom is -0.497 e. The van der Waals surface area contributed by atoms with Gasteiger partial charge in [0.1, 0.15) is 17.2 Å². The molecule has 5 N–H and O–H groups in total. The summed E-state index contributed by atoms with van der Waals surface area (Å²) < 4.78 is 24.7. The molecule has 1 spiro atoms. The zero-order valence-corrected chi connectivity index (χ0v) is 45.8. The fourth-order valence-electron chi connectivity index (χ4n) is 12.4. The molecule has 0 aliphatic carbocycles. The van der Waals surface area contributed by atoms with Crippen LogP contribution >= 0.6 is 0 Å². The molecule has 4 heterocycles. The van der Waals surface area contributed by atoms with E-state index in [1.165, 1.54) is 5.19 Å². The third-order valence-electron chi connectivity index (χ3n) is 16.1. The summed E-state index contributed by atoms with van der Waals surface area (Å²) in [5.74, 6) is 1.42. The Kier molecular flexibility index (Phi) is 17.0. The third-order valence-corrected chi connectivity index (χ3v) is 20.4. The summed E-state index contributed by atoms with van der Waals surface area (Å²) in [4.78, 5) is 50.6. The van der Waals surface area contributed by atoms with Crippen LogP contribution in [-0.2, 0) is 44.1 Å². The van der Waals surface area contributed by atoms with Gasteiger partial charge in [-0.3, -0.25) is 24.2 Å². The number of nitrogens with one attached hydrogen (secondary N) is 2. The van der Waals surface area contributed by atoms with Crippen LogP contribution in [0.3, 0.4) is 0 Å². The van der Waals surface area contributed by atoms with Gasteiger partial charge in [0.2, 0.25) is 11.8 Å². The number of unbranched alkanes of at least 4 members (excludes halogenated alkanes) is 2. The van der Waals surface area contributed by atoms with Gasteiger partial charge in [0.05, 0.1) is 70.2 Å². The molecule has 5 aromatic rings. The lowest BCUT2D eigenvalue weighted by atomic mass is 9.82. The fraction of sp³-hybridized carbons (Fsp3) is 0.450. The van der Waals surface area contributed by atoms with E-state index in [0.717, 1.165) is 46.0 Å². The van der Waals surface area contributed by atoms with E-state index in [1.54, 1.807) is 21.8 Å². The van der Waals surface area contributed by atoms with Crippen LogP contribution in [0.2, 0.25) is 18.6 Å². The molecular formula is C60H75N5O10Si. The van der Waals surface area contributed by atoms with Gasteiger partial charge in [-0.1, -0.05) is 49.5 Å². The van der Waals surface area contributed by atoms with Crippen LogP contribution in [0.5, 0.6) is 17.2 Å². The predicted molar refractivity (Wildman–Crippen MR) is 298 cm³/mol. The highest BCUT2D eigenvalue weighted by molar-refractivity contribution is 6.91. The van der Waals surface area contributed by atoms with Crippen LogP contribution in [-0.4, -0.2) is 113 Å². The Morgan fingerprint density at radius 1 is 0.658 bits per heavy atom. The molecule has 16 heteroatoms. The van der Waals surface area contributed by atoms with E-state index >= 15 is 4.79 Å². The normalized spacial score (nSPS) is 22.0. The lowest BCUT2D eigenvalue weighted by molar-refractivity contribution is -0.146. The number of hydrogen-bond donors (Lipinski definition) is 5. The van der Waals surface area contributed by atoms with Crippen molar-refractivity contribution in [2.45, 2.75) is 115 Å². The number of rotatable bonds is 23. The lowest BCUT2D eigenvalue weighted by Crippen LogP contribution is -2.52. The quantitative estimate of drug-likeness (QED) is 0.0321. The van der Waals surface area contributed by atoms with Gasteiger partial charge < -0.3 is 49.8 Å². The SMILES string of the molecule is CCOc1ccc2c(c1)CC(NCCCCO)C(=O)N2c1ccc(CN2C(=O)[C@]3(O[C@H](CCO)[C@@H]([Si](C)(C)c4ccc(OC)cc4)[C@@H]3C)c3cc(N4C(=O)C(NCCCCO)Cc5cc(OCC)ccc54)ccc32)cc1. The fourth-order valence-corrected chi connectivity index (χ4v) is 16.4. The smallest absolute Gasteiger partial charge is 0.264 e. The second kappa shape index (κ2) is 23.6. The number of ether oxygens (including phenoxy) is 4. The lowest BCUT2D eigenvalue weighted by Gasteiger charge is -2.37. The maximum Gasteiger partial charge on any atom is 0.264 e. The second-order valence-electron chi connectivity index (χ2n) is 21.0. The minimum atomic E-state index is -2.53. The van der Waals surface area contributed by atoms with E-state index in [-0.39, 0.29) is 55.5 Å². The average Bonchev–Trinajstić information content (AvgIpc) is 3.94. The van der Waals surface area contributed by atoms with Crippen molar-refractivity contribution in [3.8, 4) is 17.2 Å². The molecule has 1 saturated heterocycles. The van der Waals surface area contributed by atoms with Crippen molar-refractivity contribution in [3.63, 3.8) is 0 Å². The van der Waals surface area contributed by atoms with Crippen molar-refractivity contribution >= 4 is 59.4 Å². The summed E-state index contributed by atoms with van der Waals surface area (Å²) in [7, 11) is -0.875. The van der Waals surface area contributed by atoms with Crippen LogP contribution in [0.25, 0.3) is 0 Å². The van der Waals surface area contributed by atoms with Crippen LogP contribution < -0.4 is 44.7 Å². The highest BCUT2D eigenvalue weighted by atomic mass is 28.3. The maximum absolute atomic E-state index is 16.0. The van der Waals surface area contributed by atoms with Gasteiger partial charge in [-0.2, -0.15) is 0 Å². The summed E-state index contributed by atoms with van der Waals surface area (Å²) in [6.07, 6.45) is 3.53. The van der Waals surface area contributed by atoms with Crippen molar-refractivity contribution in [3.05, 3.63) is 125 Å². The first-order chi connectivity index (χ1) is 36.8. The zero-order chi connectivity index (χ0) is 53.7. The van der Waals surface area contributed by atoms with E-state index < -0.39 is 31.9 Å². The first-order valence-corrected chi connectivity index (χ1v) is 30.3. The number of amides is 3. The van der Waals surface area contributed by atoms with E-state index in [2.05, 4.69) is 42.8 Å². The molecule has 5 aromatic carbocycles. The zero-order valence-electron chi connectivity index (χ0n) is 44.8. The Hall–Kier alpha value is -6.11. The number of carbonyl (C=O) groups is 3. The molecule has 3 amide bonds. The molecule has 2 unspecified atom stereocenters. The van der Waals surface area contributed by atoms with Crippen molar-refractivity contribution in [2.24, 2.45) is 5.92 Å². The number of carbonyl (C=O) groups excluding carboxylic acids is 3. The number of aliphatic hydroxyl groups is 3. The molecule has 4 aliphatic rings. The monoisotopic (exact) mass is 1050 g/mol. The van der Waals surface area contributed by atoms with Crippen LogP contribution in [0.15, 0.2) is 103 Å². The second-order valence-corrected chi connectivity index (χ2v) is 25.7. The number of aliphatic hydroxyl groups excluding tert-OH is 3. The van der Waals surface area contributed by atoms with Gasteiger partial charge in [-0.25, -0.2) is 0 Å². The van der Waals surface area contributed by atoms with Crippen molar-refractivity contribution in [1.29, 1.82) is 0 Å². The largest absolute Gasteiger partial charge is 0.497 e. The van der Waals surface area contributed by atoms with Crippen LogP contribution in [0.4, 0.5) is 28.4 Å². The summed E-state index contributed by atoms with van der Waals surface area (Å²) in [5.41, 5.74) is 5.31. The number of fused-ring (bicyclic) bond motifs is 4. The Bertz CT molecular complexity index is 2870. The van der Waals surface area contributed by atoms with Gasteiger partial charge in [0.25, 0.3) is 5.91 Å². The summed E-state index contributed by atoms with van der Waals surface area (Å²) in [6.45, 7) is 13.0. The summed E-state index contributed by atoms with van der Waals surface area (Å²) in [6, 6.07) is 32.4. The van der Waals surface area contributed by atoms with E-state index in [0.29, 0.717) is 93.2 Å². The molecule has 76 heavy (non-hydrogen) atoms. The van der Waals surface area contributed by atoms with E-state index in [4.69, 9.17) is 18.9 Å². The van der Waals surface area contributed by atoms with Crippen LogP contribution in [0.1, 0.15) is 75.1 Å². The van der Waals surface area contributed by atoms with Gasteiger partial charge in [-0.15, -0.1) is 0 Å². The molecule has 15 nitrogen and oxygen atoms in total. The first kappa shape index (κ1) is 54.7. The van der Waals surface area contributed by atoms with E-state index in [1.807, 2.05) is 105 Å². The van der Waals surface area contributed by atoms with Gasteiger partial charge in [0, 0.05) is 42.7 Å². The summed E-state index contributed by atoms with van der Waals surface area (Å²) >= 11 is 0. The molecule has 0 radical (unpaired) electrons. The molecule has 1 fully saturated rings. The minimum absolute atomic E-state index is 0.0717. The van der Waals surface area contributed by atoms with Crippen molar-refractivity contribution in [1.82, 2.24) is 10.6 Å². The molecule has 0 saturated carbocycles. The van der Waals surface area contributed by atoms with Crippen molar-refractivity contribution in [2.75, 3.05) is 67.9 Å². The molecule has 0 aromatic heterocycles. The molecule has 6 atom stereocenters. The molecular weight excluding hydrogens is 979 g/mol. The number of anilines is 5. The maximum atomic E-state index is 16.0. The summed E-state index contributed by atoms with van der Waals surface area (Å²) in [5, 5.41) is 37.7. The Morgan fingerprint density at radius 2 is 1.18 bits per heavy atom. The number of hydrogen-bond acceptors (Lipinski definition) is 12. The van der Waals surface area contributed by atoms with Crippen molar-refractivity contribution < 1.29 is 48.7 Å². The van der Waals surface area contributed by atoms with Gasteiger partial charge in [-0.05, 0) is 173 Å². The average molecular weight is 1050 g/mol. The highest BCUT2D eigenvalue weighted by Gasteiger charge is 2.66. The van der Waals surface area contributed by atoms with Gasteiger partial charge >= 0.3 is 0 Å². The topological polar surface area (TPSA) is 183 Å².